The fourth-order valence-corrected chi connectivity index (χ4v) is 2.53. The third-order valence-electron chi connectivity index (χ3n) is 3.45. The number of aromatic carboxylic acids is 1. The zero-order chi connectivity index (χ0) is 19.8. The highest BCUT2D eigenvalue weighted by Crippen LogP contribution is 2.36. The summed E-state index contributed by atoms with van der Waals surface area (Å²) in [6.45, 7) is 6.98. The Hall–Kier alpha value is -2.73. The van der Waals surface area contributed by atoms with Gasteiger partial charge in [0, 0.05) is 0 Å². The van der Waals surface area contributed by atoms with Gasteiger partial charge in [-0.15, -0.1) is 0 Å². The molecular formula is C20H23ClN2O4. The molecule has 0 aliphatic carbocycles. The van der Waals surface area contributed by atoms with Crippen LogP contribution in [0.4, 0.5) is 5.69 Å². The lowest BCUT2D eigenvalue weighted by Gasteiger charge is -2.15. The van der Waals surface area contributed by atoms with Crippen molar-refractivity contribution in [2.75, 3.05) is 18.6 Å². The van der Waals surface area contributed by atoms with Crippen LogP contribution in [0.3, 0.4) is 0 Å². The van der Waals surface area contributed by atoms with Crippen LogP contribution < -0.4 is 14.9 Å². The maximum Gasteiger partial charge on any atom is 0.337 e. The Bertz CT molecular complexity index is 822. The summed E-state index contributed by atoms with van der Waals surface area (Å²) < 4.78 is 11.4. The van der Waals surface area contributed by atoms with E-state index in [0.29, 0.717) is 46.9 Å². The molecule has 0 fully saturated rings. The quantitative estimate of drug-likeness (QED) is 0.469. The van der Waals surface area contributed by atoms with Crippen molar-refractivity contribution in [1.29, 1.82) is 0 Å². The molecule has 144 valence electrons. The van der Waals surface area contributed by atoms with E-state index < -0.39 is 5.97 Å². The first-order valence-electron chi connectivity index (χ1n) is 8.62. The highest BCUT2D eigenvalue weighted by Gasteiger charge is 2.13. The van der Waals surface area contributed by atoms with Crippen LogP contribution in [-0.2, 0) is 0 Å². The second-order valence-corrected chi connectivity index (χ2v) is 6.60. The molecule has 0 spiro atoms. The van der Waals surface area contributed by atoms with Crippen LogP contribution in [0.5, 0.6) is 11.5 Å². The predicted molar refractivity (Wildman–Crippen MR) is 108 cm³/mol. The average Bonchev–Trinajstić information content (AvgIpc) is 2.61. The number of halogens is 1. The van der Waals surface area contributed by atoms with Gasteiger partial charge in [0.2, 0.25) is 0 Å². The summed E-state index contributed by atoms with van der Waals surface area (Å²) in [7, 11) is 0. The normalized spacial score (nSPS) is 11.0. The first-order valence-corrected chi connectivity index (χ1v) is 9.00. The summed E-state index contributed by atoms with van der Waals surface area (Å²) in [5.74, 6) is 0.378. The number of para-hydroxylation sites is 1. The molecular weight excluding hydrogens is 368 g/mol. The number of nitrogens with zero attached hydrogens (tertiary/aromatic N) is 1. The van der Waals surface area contributed by atoms with Crippen LogP contribution in [0, 0.1) is 5.92 Å². The van der Waals surface area contributed by atoms with Gasteiger partial charge in [0.15, 0.2) is 11.5 Å². The third kappa shape index (κ3) is 5.89. The van der Waals surface area contributed by atoms with Gasteiger partial charge in [0.05, 0.1) is 35.7 Å². The molecule has 0 bridgehead atoms. The van der Waals surface area contributed by atoms with E-state index in [1.165, 1.54) is 6.07 Å². The maximum absolute atomic E-state index is 11.2. The number of hydrazone groups is 1. The summed E-state index contributed by atoms with van der Waals surface area (Å²) in [5.41, 5.74) is 3.97. The minimum Gasteiger partial charge on any atom is -0.490 e. The zero-order valence-electron chi connectivity index (χ0n) is 15.5. The van der Waals surface area contributed by atoms with Gasteiger partial charge in [-0.1, -0.05) is 37.6 Å². The molecule has 27 heavy (non-hydrogen) atoms. The fourth-order valence-electron chi connectivity index (χ4n) is 2.26. The molecule has 0 unspecified atom stereocenters. The van der Waals surface area contributed by atoms with Gasteiger partial charge in [-0.05, 0) is 42.7 Å². The van der Waals surface area contributed by atoms with E-state index in [0.717, 1.165) is 0 Å². The van der Waals surface area contributed by atoms with Gasteiger partial charge < -0.3 is 14.6 Å². The van der Waals surface area contributed by atoms with Crippen LogP contribution in [0.15, 0.2) is 41.5 Å². The van der Waals surface area contributed by atoms with Crippen LogP contribution in [0.2, 0.25) is 5.02 Å². The number of carboxylic acid groups (broad SMARTS) is 1. The molecule has 0 radical (unpaired) electrons. The molecule has 0 aliphatic rings. The van der Waals surface area contributed by atoms with Crippen molar-refractivity contribution in [1.82, 2.24) is 0 Å². The molecule has 2 rings (SSSR count). The van der Waals surface area contributed by atoms with Crippen LogP contribution in [0.1, 0.15) is 36.7 Å². The molecule has 0 aliphatic heterocycles. The lowest BCUT2D eigenvalue weighted by Crippen LogP contribution is -2.07. The Morgan fingerprint density at radius 3 is 2.70 bits per heavy atom. The van der Waals surface area contributed by atoms with Gasteiger partial charge in [0.25, 0.3) is 0 Å². The van der Waals surface area contributed by atoms with E-state index in [9.17, 15) is 9.90 Å². The van der Waals surface area contributed by atoms with E-state index in [-0.39, 0.29) is 5.56 Å². The Labute approximate surface area is 163 Å². The molecule has 0 saturated carbocycles. The Kier molecular flexibility index (Phi) is 7.49. The van der Waals surface area contributed by atoms with E-state index >= 15 is 0 Å². The minimum absolute atomic E-state index is 0.139. The van der Waals surface area contributed by atoms with Crippen molar-refractivity contribution < 1.29 is 19.4 Å². The SMILES string of the molecule is CCOc1cc(C=NNc2ccccc2C(=O)O)cc(Cl)c1OCC(C)C. The molecule has 0 saturated heterocycles. The summed E-state index contributed by atoms with van der Waals surface area (Å²) >= 11 is 6.35. The van der Waals surface area contributed by atoms with E-state index in [2.05, 4.69) is 24.4 Å². The van der Waals surface area contributed by atoms with Crippen molar-refractivity contribution in [2.45, 2.75) is 20.8 Å². The molecule has 7 heteroatoms. The van der Waals surface area contributed by atoms with Crippen LogP contribution in [0.25, 0.3) is 0 Å². The van der Waals surface area contributed by atoms with Gasteiger partial charge in [-0.3, -0.25) is 5.43 Å². The molecule has 0 amide bonds. The monoisotopic (exact) mass is 390 g/mol. The average molecular weight is 391 g/mol. The lowest BCUT2D eigenvalue weighted by atomic mass is 10.2. The van der Waals surface area contributed by atoms with Gasteiger partial charge in [0.1, 0.15) is 0 Å². The van der Waals surface area contributed by atoms with E-state index in [1.807, 2.05) is 6.92 Å². The van der Waals surface area contributed by atoms with Gasteiger partial charge >= 0.3 is 5.97 Å². The number of benzene rings is 2. The molecule has 0 heterocycles. The van der Waals surface area contributed by atoms with Gasteiger partial charge in [-0.25, -0.2) is 4.79 Å². The highest BCUT2D eigenvalue weighted by molar-refractivity contribution is 6.32. The number of carbonyl (C=O) groups is 1. The smallest absolute Gasteiger partial charge is 0.337 e. The first kappa shape index (κ1) is 20.6. The molecule has 6 nitrogen and oxygen atoms in total. The Balaban J connectivity index is 2.21. The van der Waals surface area contributed by atoms with Crippen molar-refractivity contribution in [3.63, 3.8) is 0 Å². The number of hydrogen-bond donors (Lipinski definition) is 2. The number of ether oxygens (including phenoxy) is 2. The van der Waals surface area contributed by atoms with Crippen LogP contribution >= 0.6 is 11.6 Å². The summed E-state index contributed by atoms with van der Waals surface area (Å²) in [4.78, 5) is 11.2. The number of rotatable bonds is 9. The van der Waals surface area contributed by atoms with Crippen LogP contribution in [-0.4, -0.2) is 30.5 Å². The maximum atomic E-state index is 11.2. The van der Waals surface area contributed by atoms with Crippen molar-refractivity contribution >= 4 is 29.5 Å². The molecule has 2 aromatic carbocycles. The number of nitrogens with one attached hydrogen (secondary N) is 1. The summed E-state index contributed by atoms with van der Waals surface area (Å²) in [6.07, 6.45) is 1.54. The number of carboxylic acids is 1. The Morgan fingerprint density at radius 2 is 2.04 bits per heavy atom. The van der Waals surface area contributed by atoms with Crippen molar-refractivity contribution in [2.24, 2.45) is 11.0 Å². The molecule has 0 aromatic heterocycles. The van der Waals surface area contributed by atoms with Crippen molar-refractivity contribution in [3.8, 4) is 11.5 Å². The third-order valence-corrected chi connectivity index (χ3v) is 3.73. The van der Waals surface area contributed by atoms with Gasteiger partial charge in [-0.2, -0.15) is 5.10 Å². The molecule has 0 atom stereocenters. The second kappa shape index (κ2) is 9.83. The summed E-state index contributed by atoms with van der Waals surface area (Å²) in [5, 5.41) is 13.7. The predicted octanol–water partition coefficient (Wildman–Crippen LogP) is 4.92. The van der Waals surface area contributed by atoms with Crippen molar-refractivity contribution in [3.05, 3.63) is 52.5 Å². The second-order valence-electron chi connectivity index (χ2n) is 6.19. The molecule has 2 aromatic rings. The topological polar surface area (TPSA) is 80.2 Å². The lowest BCUT2D eigenvalue weighted by molar-refractivity contribution is 0.0698. The number of anilines is 1. The van der Waals surface area contributed by atoms with E-state index in [1.54, 1.807) is 36.5 Å². The number of hydrogen-bond acceptors (Lipinski definition) is 5. The highest BCUT2D eigenvalue weighted by atomic mass is 35.5. The van der Waals surface area contributed by atoms with E-state index in [4.69, 9.17) is 21.1 Å². The minimum atomic E-state index is -1.03. The Morgan fingerprint density at radius 1 is 1.30 bits per heavy atom. The molecule has 2 N–H and O–H groups in total. The largest absolute Gasteiger partial charge is 0.490 e. The standard InChI is InChI=1S/C20H23ClN2O4/c1-4-26-18-10-14(9-16(21)19(18)27-12-13(2)3)11-22-23-17-8-6-5-7-15(17)20(24)25/h5-11,13,23H,4,12H2,1-3H3,(H,24,25). The summed E-state index contributed by atoms with van der Waals surface area (Å²) in [6, 6.07) is 10.0. The first-order chi connectivity index (χ1) is 12.9. The fraction of sp³-hybridized carbons (Fsp3) is 0.300. The zero-order valence-corrected chi connectivity index (χ0v) is 16.3.